The number of hydrogen-bond donors (Lipinski definition) is 1. The van der Waals surface area contributed by atoms with E-state index in [2.05, 4.69) is 21.2 Å². The van der Waals surface area contributed by atoms with Crippen molar-refractivity contribution in [2.24, 2.45) is 0 Å². The Morgan fingerprint density at radius 1 is 1.38 bits per heavy atom. The molecule has 2 aromatic heterocycles. The summed E-state index contributed by atoms with van der Waals surface area (Å²) in [6, 6.07) is 5.74. The molecule has 21 heavy (non-hydrogen) atoms. The maximum absolute atomic E-state index is 12.6. The number of nitrogens with zero attached hydrogens (tertiary/aromatic N) is 1. The van der Waals surface area contributed by atoms with Gasteiger partial charge in [0, 0.05) is 29.9 Å². The highest BCUT2D eigenvalue weighted by Crippen LogP contribution is 2.33. The van der Waals surface area contributed by atoms with Gasteiger partial charge >= 0.3 is 0 Å². The molecule has 0 aliphatic rings. The fourth-order valence-corrected chi connectivity index (χ4v) is 6.36. The number of hydrogen-bond acceptors (Lipinski definition) is 5. The summed E-state index contributed by atoms with van der Waals surface area (Å²) in [6.45, 7) is 1.14. The summed E-state index contributed by atoms with van der Waals surface area (Å²) in [7, 11) is 0.0253. The lowest BCUT2D eigenvalue weighted by Crippen LogP contribution is -2.28. The fraction of sp³-hybridized carbons (Fsp3) is 0.385. The van der Waals surface area contributed by atoms with Gasteiger partial charge < -0.3 is 5.32 Å². The van der Waals surface area contributed by atoms with Crippen molar-refractivity contribution in [1.29, 1.82) is 0 Å². The number of likely N-dealkylation sites (N-methyl/N-ethyl adjacent to an activating group) is 1. The topological polar surface area (TPSA) is 49.4 Å². The number of halogens is 1. The summed E-state index contributed by atoms with van der Waals surface area (Å²) in [5.74, 6) is 0. The zero-order valence-corrected chi connectivity index (χ0v) is 15.8. The lowest BCUT2D eigenvalue weighted by Gasteiger charge is -2.16. The molecule has 0 aliphatic heterocycles. The van der Waals surface area contributed by atoms with Crippen LogP contribution in [0.25, 0.3) is 0 Å². The molecule has 2 rings (SSSR count). The van der Waals surface area contributed by atoms with Gasteiger partial charge in [0.1, 0.15) is 4.90 Å². The van der Waals surface area contributed by atoms with Crippen LogP contribution in [0.1, 0.15) is 9.75 Å². The predicted octanol–water partition coefficient (Wildman–Crippen LogP) is 3.15. The highest BCUT2D eigenvalue weighted by atomic mass is 79.9. The van der Waals surface area contributed by atoms with Gasteiger partial charge in [0.25, 0.3) is 0 Å². The highest BCUT2D eigenvalue weighted by Gasteiger charge is 2.25. The van der Waals surface area contributed by atoms with E-state index in [4.69, 9.17) is 0 Å². The van der Waals surface area contributed by atoms with Gasteiger partial charge in [0.15, 0.2) is 0 Å². The van der Waals surface area contributed by atoms with Crippen LogP contribution in [0.2, 0.25) is 0 Å². The van der Waals surface area contributed by atoms with Crippen LogP contribution in [0.4, 0.5) is 0 Å². The van der Waals surface area contributed by atoms with E-state index in [0.29, 0.717) is 21.8 Å². The largest absolute Gasteiger partial charge is 0.315 e. The van der Waals surface area contributed by atoms with Crippen molar-refractivity contribution in [1.82, 2.24) is 9.62 Å². The Morgan fingerprint density at radius 2 is 2.14 bits per heavy atom. The Morgan fingerprint density at radius 3 is 2.76 bits per heavy atom. The van der Waals surface area contributed by atoms with Crippen LogP contribution in [-0.4, -0.2) is 33.4 Å². The van der Waals surface area contributed by atoms with E-state index in [0.717, 1.165) is 11.3 Å². The summed E-state index contributed by atoms with van der Waals surface area (Å²) in [6.07, 6.45) is 0.735. The molecular formula is C13H17BrN2O2S3. The third-order valence-electron chi connectivity index (χ3n) is 3.00. The van der Waals surface area contributed by atoms with Crippen molar-refractivity contribution in [3.8, 4) is 0 Å². The molecule has 0 saturated heterocycles. The number of sulfonamides is 1. The Bertz CT molecular complexity index is 680. The first-order valence-electron chi connectivity index (χ1n) is 6.36. The molecular weight excluding hydrogens is 392 g/mol. The zero-order chi connectivity index (χ0) is 15.5. The molecule has 8 heteroatoms. The molecule has 4 nitrogen and oxygen atoms in total. The van der Waals surface area contributed by atoms with E-state index in [-0.39, 0.29) is 0 Å². The first-order valence-corrected chi connectivity index (χ1v) is 10.3. The van der Waals surface area contributed by atoms with Crippen molar-refractivity contribution in [2.75, 3.05) is 20.6 Å². The van der Waals surface area contributed by atoms with Gasteiger partial charge in [-0.3, -0.25) is 0 Å². The summed E-state index contributed by atoms with van der Waals surface area (Å²) >= 11 is 6.47. The van der Waals surface area contributed by atoms with Gasteiger partial charge in [0.05, 0.1) is 3.79 Å². The van der Waals surface area contributed by atoms with Crippen molar-refractivity contribution >= 4 is 48.6 Å². The van der Waals surface area contributed by atoms with E-state index >= 15 is 0 Å². The predicted molar refractivity (Wildman–Crippen MR) is 92.6 cm³/mol. The summed E-state index contributed by atoms with van der Waals surface area (Å²) in [4.78, 5) is 2.54. The molecule has 0 radical (unpaired) electrons. The molecule has 0 spiro atoms. The lowest BCUT2D eigenvalue weighted by molar-refractivity contribution is 0.473. The Kier molecular flexibility index (Phi) is 5.98. The van der Waals surface area contributed by atoms with Crippen LogP contribution in [0.3, 0.4) is 0 Å². The monoisotopic (exact) mass is 408 g/mol. The minimum Gasteiger partial charge on any atom is -0.315 e. The third kappa shape index (κ3) is 4.14. The normalized spacial score (nSPS) is 12.2. The van der Waals surface area contributed by atoms with Gasteiger partial charge in [-0.1, -0.05) is 6.07 Å². The molecule has 0 aliphatic carbocycles. The fourth-order valence-electron chi connectivity index (χ4n) is 1.85. The van der Waals surface area contributed by atoms with Crippen molar-refractivity contribution in [3.63, 3.8) is 0 Å². The van der Waals surface area contributed by atoms with Crippen molar-refractivity contribution in [2.45, 2.75) is 17.9 Å². The quantitative estimate of drug-likeness (QED) is 0.765. The molecule has 0 atom stereocenters. The molecule has 0 fully saturated rings. The smallest absolute Gasteiger partial charge is 0.244 e. The average Bonchev–Trinajstić information content (AvgIpc) is 3.06. The number of thiophene rings is 2. The molecule has 0 unspecified atom stereocenters. The molecule has 0 saturated carbocycles. The maximum Gasteiger partial charge on any atom is 0.244 e. The van der Waals surface area contributed by atoms with Gasteiger partial charge in [-0.25, -0.2) is 12.7 Å². The van der Waals surface area contributed by atoms with E-state index in [1.54, 1.807) is 24.5 Å². The molecule has 2 heterocycles. The second-order valence-corrected chi connectivity index (χ2v) is 10.0. The second-order valence-electron chi connectivity index (χ2n) is 4.54. The van der Waals surface area contributed by atoms with Crippen molar-refractivity contribution in [3.05, 3.63) is 37.1 Å². The Labute approximate surface area is 142 Å². The first kappa shape index (κ1) is 17.1. The minimum absolute atomic E-state index is 0.353. The van der Waals surface area contributed by atoms with Crippen LogP contribution in [0.15, 0.2) is 32.3 Å². The summed E-state index contributed by atoms with van der Waals surface area (Å²) < 4.78 is 27.3. The van der Waals surface area contributed by atoms with Crippen molar-refractivity contribution < 1.29 is 8.42 Å². The van der Waals surface area contributed by atoms with E-state index in [9.17, 15) is 8.42 Å². The number of rotatable bonds is 7. The van der Waals surface area contributed by atoms with Gasteiger partial charge in [-0.2, -0.15) is 0 Å². The van der Waals surface area contributed by atoms with Gasteiger partial charge in [-0.05, 0) is 46.9 Å². The molecule has 116 valence electrons. The van der Waals surface area contributed by atoms with E-state index in [1.165, 1.54) is 20.5 Å². The molecule has 1 N–H and O–H groups in total. The van der Waals surface area contributed by atoms with Gasteiger partial charge in [-0.15, -0.1) is 22.7 Å². The molecule has 0 amide bonds. The molecule has 2 aromatic rings. The van der Waals surface area contributed by atoms with Crippen LogP contribution < -0.4 is 5.32 Å². The SMILES string of the molecule is CNCc1cc(S(=O)(=O)N(C)CCc2cccs2)c(Br)s1. The zero-order valence-electron chi connectivity index (χ0n) is 11.8. The molecule has 0 bridgehead atoms. The third-order valence-corrected chi connectivity index (χ3v) is 8.04. The average molecular weight is 409 g/mol. The Balaban J connectivity index is 2.12. The Hall–Kier alpha value is -0.250. The number of nitrogens with one attached hydrogen (secondary N) is 1. The van der Waals surface area contributed by atoms with E-state index in [1.807, 2.05) is 24.6 Å². The minimum atomic E-state index is -3.45. The van der Waals surface area contributed by atoms with Crippen LogP contribution >= 0.6 is 38.6 Å². The van der Waals surface area contributed by atoms with Gasteiger partial charge in [0.2, 0.25) is 10.0 Å². The molecule has 0 aromatic carbocycles. The highest BCUT2D eigenvalue weighted by molar-refractivity contribution is 9.11. The van der Waals surface area contributed by atoms with E-state index < -0.39 is 10.0 Å². The summed E-state index contributed by atoms with van der Waals surface area (Å²) in [5, 5.41) is 5.03. The lowest BCUT2D eigenvalue weighted by atomic mass is 10.3. The van der Waals surface area contributed by atoms with Crippen LogP contribution in [0, 0.1) is 0 Å². The maximum atomic E-state index is 12.6. The summed E-state index contributed by atoms with van der Waals surface area (Å²) in [5.41, 5.74) is 0. The first-order chi connectivity index (χ1) is 9.95. The van der Waals surface area contributed by atoms with Crippen LogP contribution in [-0.2, 0) is 23.0 Å². The second kappa shape index (κ2) is 7.34. The van der Waals surface area contributed by atoms with Crippen LogP contribution in [0.5, 0.6) is 0 Å². The standard InChI is InChI=1S/C13H17BrN2O2S3/c1-15-9-11-8-12(13(14)20-11)21(17,18)16(2)6-5-10-4-3-7-19-10/h3-4,7-8,15H,5-6,9H2,1-2H3.